The summed E-state index contributed by atoms with van der Waals surface area (Å²) < 4.78 is 0. The molecule has 0 fully saturated rings. The average molecular weight is 197 g/mol. The van der Waals surface area contributed by atoms with E-state index >= 15 is 0 Å². The van der Waals surface area contributed by atoms with Gasteiger partial charge in [0, 0.05) is 4.90 Å². The minimum absolute atomic E-state index is 0.404. The molecule has 0 atom stereocenters. The van der Waals surface area contributed by atoms with Crippen LogP contribution in [0, 0.1) is 0 Å². The molecule has 0 heterocycles. The van der Waals surface area contributed by atoms with E-state index in [1.165, 1.54) is 16.9 Å². The molecular formula is C8H7NOS2. The second kappa shape index (κ2) is 5.04. The molecule has 0 aliphatic carbocycles. The third-order valence-corrected chi connectivity index (χ3v) is 2.47. The molecule has 0 aliphatic rings. The molecule has 1 rings (SSSR count). The Hall–Kier alpha value is -0.700. The molecule has 0 radical (unpaired) electrons. The van der Waals surface area contributed by atoms with Crippen LogP contribution in [0.4, 0.5) is 0 Å². The van der Waals surface area contributed by atoms with Gasteiger partial charge < -0.3 is 0 Å². The van der Waals surface area contributed by atoms with Gasteiger partial charge in [-0.25, -0.2) is 9.79 Å². The summed E-state index contributed by atoms with van der Waals surface area (Å²) in [6.07, 6.45) is 1.50. The number of benzene rings is 1. The van der Waals surface area contributed by atoms with Crippen molar-refractivity contribution in [2.24, 2.45) is 4.99 Å². The molecule has 2 nitrogen and oxygen atoms in total. The Labute approximate surface area is 79.9 Å². The number of carbonyl (C=O) groups excluding carboxylic acids is 1. The zero-order valence-electron chi connectivity index (χ0n) is 6.23. The summed E-state index contributed by atoms with van der Waals surface area (Å²) in [6, 6.07) is 7.71. The quantitative estimate of drug-likeness (QED) is 0.349. The Morgan fingerprint density at radius 1 is 1.42 bits per heavy atom. The van der Waals surface area contributed by atoms with Crippen molar-refractivity contribution >= 4 is 28.5 Å². The van der Waals surface area contributed by atoms with Crippen molar-refractivity contribution in [1.82, 2.24) is 0 Å². The van der Waals surface area contributed by atoms with Crippen LogP contribution in [0.1, 0.15) is 5.56 Å². The van der Waals surface area contributed by atoms with E-state index in [4.69, 9.17) is 0 Å². The number of thiol groups is 1. The second-order valence-corrected chi connectivity index (χ2v) is 3.34. The highest BCUT2D eigenvalue weighted by atomic mass is 33.1. The number of rotatable bonds is 3. The second-order valence-electron chi connectivity index (χ2n) is 2.14. The smallest absolute Gasteiger partial charge is 0.211 e. The fraction of sp³-hybridized carbons (Fsp3) is 0.125. The summed E-state index contributed by atoms with van der Waals surface area (Å²) in [5.41, 5.74) is 1.00. The maximum absolute atomic E-state index is 9.79. The summed E-state index contributed by atoms with van der Waals surface area (Å²) in [5, 5.41) is 0. The van der Waals surface area contributed by atoms with Crippen molar-refractivity contribution < 1.29 is 4.79 Å². The number of nitrogens with zero attached hydrogens (tertiary/aromatic N) is 1. The van der Waals surface area contributed by atoms with Gasteiger partial charge in [0.1, 0.15) is 0 Å². The van der Waals surface area contributed by atoms with Crippen LogP contribution in [0.15, 0.2) is 34.2 Å². The molecule has 0 unspecified atom stereocenters. The first-order chi connectivity index (χ1) is 5.86. The number of isocyanates is 1. The van der Waals surface area contributed by atoms with Gasteiger partial charge in [0.15, 0.2) is 0 Å². The van der Waals surface area contributed by atoms with Gasteiger partial charge in [0.25, 0.3) is 0 Å². The summed E-state index contributed by atoms with van der Waals surface area (Å²) in [5.74, 6) is 0. The molecule has 0 N–H and O–H groups in total. The monoisotopic (exact) mass is 197 g/mol. The van der Waals surface area contributed by atoms with Gasteiger partial charge in [-0.2, -0.15) is 0 Å². The maximum Gasteiger partial charge on any atom is 0.235 e. The van der Waals surface area contributed by atoms with Crippen LogP contribution in [-0.2, 0) is 11.3 Å². The summed E-state index contributed by atoms with van der Waals surface area (Å²) in [4.78, 5) is 14.3. The predicted molar refractivity (Wildman–Crippen MR) is 53.1 cm³/mol. The lowest BCUT2D eigenvalue weighted by Crippen LogP contribution is -1.79. The van der Waals surface area contributed by atoms with E-state index in [9.17, 15) is 4.79 Å². The van der Waals surface area contributed by atoms with E-state index in [-0.39, 0.29) is 0 Å². The Kier molecular flexibility index (Phi) is 3.94. The van der Waals surface area contributed by atoms with Crippen LogP contribution in [0.2, 0.25) is 0 Å². The number of hydrogen-bond acceptors (Lipinski definition) is 4. The number of hydrogen-bond donors (Lipinski definition) is 1. The molecule has 0 spiro atoms. The molecule has 1 aromatic carbocycles. The number of aliphatic imine (C=N–C) groups is 1. The molecular weight excluding hydrogens is 190 g/mol. The van der Waals surface area contributed by atoms with Crippen molar-refractivity contribution in [3.63, 3.8) is 0 Å². The summed E-state index contributed by atoms with van der Waals surface area (Å²) >= 11 is 4.05. The van der Waals surface area contributed by atoms with Gasteiger partial charge >= 0.3 is 0 Å². The lowest BCUT2D eigenvalue weighted by Gasteiger charge is -1.96. The highest BCUT2D eigenvalue weighted by molar-refractivity contribution is 8.68. The lowest BCUT2D eigenvalue weighted by atomic mass is 10.2. The van der Waals surface area contributed by atoms with Crippen molar-refractivity contribution in [1.29, 1.82) is 0 Å². The first-order valence-corrected chi connectivity index (χ1v) is 5.17. The first-order valence-electron chi connectivity index (χ1n) is 3.31. The Bertz CT molecular complexity index is 290. The third-order valence-electron chi connectivity index (χ3n) is 1.35. The Balaban J connectivity index is 2.70. The standard InChI is InChI=1S/C8H7NOS2/c10-6-9-5-7-1-3-8(12-11)4-2-7/h1-4,11H,5H2. The Morgan fingerprint density at radius 2 is 2.08 bits per heavy atom. The van der Waals surface area contributed by atoms with Gasteiger partial charge in [-0.3, -0.25) is 0 Å². The minimum atomic E-state index is 0.404. The van der Waals surface area contributed by atoms with Crippen molar-refractivity contribution in [2.45, 2.75) is 11.4 Å². The fourth-order valence-corrected chi connectivity index (χ4v) is 1.40. The molecule has 0 amide bonds. The van der Waals surface area contributed by atoms with Gasteiger partial charge in [0.2, 0.25) is 6.08 Å². The molecule has 0 saturated heterocycles. The van der Waals surface area contributed by atoms with Gasteiger partial charge in [-0.05, 0) is 17.7 Å². The fourth-order valence-electron chi connectivity index (χ4n) is 0.779. The predicted octanol–water partition coefficient (Wildman–Crippen LogP) is 2.46. The molecule has 0 saturated carbocycles. The first kappa shape index (κ1) is 9.39. The molecule has 0 bridgehead atoms. The van der Waals surface area contributed by atoms with Gasteiger partial charge in [0.05, 0.1) is 6.54 Å². The Morgan fingerprint density at radius 3 is 2.58 bits per heavy atom. The van der Waals surface area contributed by atoms with Crippen LogP contribution in [0.5, 0.6) is 0 Å². The van der Waals surface area contributed by atoms with Crippen LogP contribution < -0.4 is 0 Å². The van der Waals surface area contributed by atoms with Gasteiger partial charge in [-0.1, -0.05) is 22.9 Å². The largest absolute Gasteiger partial charge is 0.235 e. The van der Waals surface area contributed by atoms with E-state index < -0.39 is 0 Å². The van der Waals surface area contributed by atoms with E-state index in [0.29, 0.717) is 6.54 Å². The van der Waals surface area contributed by atoms with Crippen molar-refractivity contribution in [2.75, 3.05) is 0 Å². The SMILES string of the molecule is O=C=NCc1ccc(SS)cc1. The molecule has 4 heteroatoms. The minimum Gasteiger partial charge on any atom is -0.211 e. The summed E-state index contributed by atoms with van der Waals surface area (Å²) in [7, 11) is 1.39. The van der Waals surface area contributed by atoms with Crippen molar-refractivity contribution in [3.8, 4) is 0 Å². The molecule has 12 heavy (non-hydrogen) atoms. The van der Waals surface area contributed by atoms with Crippen LogP contribution >= 0.6 is 22.5 Å². The summed E-state index contributed by atoms with van der Waals surface area (Å²) in [6.45, 7) is 0.404. The zero-order valence-corrected chi connectivity index (χ0v) is 7.94. The van der Waals surface area contributed by atoms with E-state index in [1.807, 2.05) is 24.3 Å². The van der Waals surface area contributed by atoms with E-state index in [2.05, 4.69) is 16.7 Å². The van der Waals surface area contributed by atoms with Crippen LogP contribution in [0.3, 0.4) is 0 Å². The molecule has 1 aromatic rings. The molecule has 0 aromatic heterocycles. The average Bonchev–Trinajstić information content (AvgIpc) is 2.15. The zero-order chi connectivity index (χ0) is 8.81. The molecule has 0 aliphatic heterocycles. The van der Waals surface area contributed by atoms with Crippen LogP contribution in [-0.4, -0.2) is 6.08 Å². The lowest BCUT2D eigenvalue weighted by molar-refractivity contribution is 0.563. The van der Waals surface area contributed by atoms with E-state index in [0.717, 1.165) is 10.5 Å². The van der Waals surface area contributed by atoms with Crippen LogP contribution in [0.25, 0.3) is 0 Å². The molecule has 62 valence electrons. The normalized spacial score (nSPS) is 9.08. The van der Waals surface area contributed by atoms with Gasteiger partial charge in [-0.15, -0.1) is 11.7 Å². The highest BCUT2D eigenvalue weighted by Crippen LogP contribution is 2.21. The van der Waals surface area contributed by atoms with E-state index in [1.54, 1.807) is 0 Å². The van der Waals surface area contributed by atoms with Crippen molar-refractivity contribution in [3.05, 3.63) is 29.8 Å². The maximum atomic E-state index is 9.79. The topological polar surface area (TPSA) is 29.4 Å². The highest BCUT2D eigenvalue weighted by Gasteiger charge is 1.91. The third kappa shape index (κ3) is 2.74.